The quantitative estimate of drug-likeness (QED) is 0.779. The minimum atomic E-state index is -0.702. The first-order valence-corrected chi connectivity index (χ1v) is 7.46. The summed E-state index contributed by atoms with van der Waals surface area (Å²) in [6.07, 6.45) is 2.97. The normalized spacial score (nSPS) is 32.5. The van der Waals surface area contributed by atoms with Gasteiger partial charge in [0.05, 0.1) is 0 Å². The Morgan fingerprint density at radius 1 is 1.60 bits per heavy atom. The Labute approximate surface area is 96.1 Å². The Hall–Kier alpha value is 0.0700. The van der Waals surface area contributed by atoms with Gasteiger partial charge in [0, 0.05) is 54.0 Å². The molecular formula is C11H24N2OS. The van der Waals surface area contributed by atoms with Crippen LogP contribution in [-0.4, -0.2) is 52.3 Å². The fourth-order valence-corrected chi connectivity index (χ4v) is 2.36. The molecule has 3 nitrogen and oxygen atoms in total. The lowest BCUT2D eigenvalue weighted by Gasteiger charge is -2.39. The van der Waals surface area contributed by atoms with E-state index in [4.69, 9.17) is 0 Å². The van der Waals surface area contributed by atoms with Crippen molar-refractivity contribution >= 4 is 10.8 Å². The summed E-state index contributed by atoms with van der Waals surface area (Å²) in [5.41, 5.74) is 0. The number of rotatable bonds is 4. The van der Waals surface area contributed by atoms with Gasteiger partial charge in [0.25, 0.3) is 0 Å². The molecule has 0 radical (unpaired) electrons. The molecule has 0 aliphatic carbocycles. The third-order valence-corrected chi connectivity index (χ3v) is 4.61. The van der Waals surface area contributed by atoms with Gasteiger partial charge in [0.2, 0.25) is 0 Å². The summed E-state index contributed by atoms with van der Waals surface area (Å²) >= 11 is 0. The zero-order valence-electron chi connectivity index (χ0n) is 10.3. The first-order chi connectivity index (χ1) is 7.04. The van der Waals surface area contributed by atoms with E-state index in [1.54, 1.807) is 6.26 Å². The van der Waals surface area contributed by atoms with E-state index in [0.717, 1.165) is 19.6 Å². The Balaban J connectivity index is 2.47. The summed E-state index contributed by atoms with van der Waals surface area (Å²) in [6.45, 7) is 9.65. The van der Waals surface area contributed by atoms with Gasteiger partial charge in [0.15, 0.2) is 0 Å². The maximum absolute atomic E-state index is 11.3. The molecule has 0 spiro atoms. The lowest BCUT2D eigenvalue weighted by atomic mass is 10.1. The maximum atomic E-state index is 11.3. The molecule has 15 heavy (non-hydrogen) atoms. The second kappa shape index (κ2) is 5.97. The number of nitrogens with one attached hydrogen (secondary N) is 1. The standard InChI is InChI=1S/C11H24N2OS/c1-5-11-8-13(9(2)6-12-11)7-10(3)15(4)14/h9-12H,5-8H2,1-4H3. The van der Waals surface area contributed by atoms with Crippen LogP contribution in [0.1, 0.15) is 27.2 Å². The lowest BCUT2D eigenvalue weighted by molar-refractivity contribution is 0.141. The van der Waals surface area contributed by atoms with E-state index in [9.17, 15) is 4.21 Å². The van der Waals surface area contributed by atoms with Crippen molar-refractivity contribution in [1.29, 1.82) is 0 Å². The molecule has 1 N–H and O–H groups in total. The van der Waals surface area contributed by atoms with Crippen LogP contribution < -0.4 is 5.32 Å². The highest BCUT2D eigenvalue weighted by Crippen LogP contribution is 2.10. The Morgan fingerprint density at radius 2 is 2.27 bits per heavy atom. The van der Waals surface area contributed by atoms with Crippen LogP contribution in [-0.2, 0) is 10.8 Å². The molecule has 0 aromatic carbocycles. The van der Waals surface area contributed by atoms with Crippen molar-refractivity contribution in [2.24, 2.45) is 0 Å². The minimum Gasteiger partial charge on any atom is -0.311 e. The summed E-state index contributed by atoms with van der Waals surface area (Å²) in [7, 11) is -0.702. The zero-order chi connectivity index (χ0) is 11.4. The monoisotopic (exact) mass is 232 g/mol. The predicted octanol–water partition coefficient (Wildman–Crippen LogP) is 0.826. The third kappa shape index (κ3) is 3.85. The van der Waals surface area contributed by atoms with Crippen molar-refractivity contribution in [2.45, 2.75) is 44.5 Å². The molecule has 1 heterocycles. The van der Waals surface area contributed by atoms with Crippen LogP contribution >= 0.6 is 0 Å². The summed E-state index contributed by atoms with van der Waals surface area (Å²) < 4.78 is 11.3. The van der Waals surface area contributed by atoms with Gasteiger partial charge in [-0.3, -0.25) is 9.11 Å². The van der Waals surface area contributed by atoms with Crippen molar-refractivity contribution in [3.8, 4) is 0 Å². The van der Waals surface area contributed by atoms with E-state index in [2.05, 4.69) is 31.0 Å². The molecule has 4 unspecified atom stereocenters. The van der Waals surface area contributed by atoms with Gasteiger partial charge in [-0.15, -0.1) is 0 Å². The van der Waals surface area contributed by atoms with Crippen molar-refractivity contribution in [2.75, 3.05) is 25.9 Å². The van der Waals surface area contributed by atoms with E-state index in [0.29, 0.717) is 12.1 Å². The molecule has 90 valence electrons. The fourth-order valence-electron chi connectivity index (χ4n) is 1.96. The van der Waals surface area contributed by atoms with Gasteiger partial charge < -0.3 is 5.32 Å². The van der Waals surface area contributed by atoms with Crippen LogP contribution in [0.5, 0.6) is 0 Å². The number of hydrogen-bond donors (Lipinski definition) is 1. The van der Waals surface area contributed by atoms with Crippen LogP contribution in [0.4, 0.5) is 0 Å². The van der Waals surface area contributed by atoms with Gasteiger partial charge >= 0.3 is 0 Å². The molecule has 1 rings (SSSR count). The Kier molecular flexibility index (Phi) is 5.23. The van der Waals surface area contributed by atoms with Gasteiger partial charge in [-0.2, -0.15) is 0 Å². The highest BCUT2D eigenvalue weighted by molar-refractivity contribution is 7.84. The summed E-state index contributed by atoms with van der Waals surface area (Å²) in [5, 5.41) is 3.81. The van der Waals surface area contributed by atoms with Gasteiger partial charge in [-0.25, -0.2) is 0 Å². The second-order valence-electron chi connectivity index (χ2n) is 4.63. The van der Waals surface area contributed by atoms with E-state index in [1.807, 2.05) is 0 Å². The smallest absolute Gasteiger partial charge is 0.0444 e. The number of nitrogens with zero attached hydrogens (tertiary/aromatic N) is 1. The van der Waals surface area contributed by atoms with Crippen molar-refractivity contribution in [3.05, 3.63) is 0 Å². The van der Waals surface area contributed by atoms with Crippen LogP contribution in [0, 0.1) is 0 Å². The van der Waals surface area contributed by atoms with Crippen molar-refractivity contribution in [3.63, 3.8) is 0 Å². The molecule has 1 aliphatic rings. The highest BCUT2D eigenvalue weighted by Gasteiger charge is 2.25. The Morgan fingerprint density at radius 3 is 2.80 bits per heavy atom. The average Bonchev–Trinajstić information content (AvgIpc) is 2.21. The highest BCUT2D eigenvalue weighted by atomic mass is 32.2. The molecule has 0 aromatic heterocycles. The van der Waals surface area contributed by atoms with Crippen LogP contribution in [0.15, 0.2) is 0 Å². The van der Waals surface area contributed by atoms with Gasteiger partial charge in [-0.1, -0.05) is 6.92 Å². The molecule has 1 saturated heterocycles. The minimum absolute atomic E-state index is 0.281. The fraction of sp³-hybridized carbons (Fsp3) is 1.00. The first kappa shape index (κ1) is 13.1. The summed E-state index contributed by atoms with van der Waals surface area (Å²) in [4.78, 5) is 2.47. The molecule has 1 fully saturated rings. The molecule has 0 bridgehead atoms. The van der Waals surface area contributed by atoms with Crippen LogP contribution in [0.25, 0.3) is 0 Å². The molecule has 4 heteroatoms. The van der Waals surface area contributed by atoms with Crippen LogP contribution in [0.2, 0.25) is 0 Å². The molecular weight excluding hydrogens is 208 g/mol. The summed E-state index contributed by atoms with van der Waals surface area (Å²) in [6, 6.07) is 1.18. The number of piperazine rings is 1. The Bertz CT molecular complexity index is 223. The van der Waals surface area contributed by atoms with Gasteiger partial charge in [0.1, 0.15) is 0 Å². The van der Waals surface area contributed by atoms with E-state index in [-0.39, 0.29) is 5.25 Å². The lowest BCUT2D eigenvalue weighted by Crippen LogP contribution is -2.56. The maximum Gasteiger partial charge on any atom is 0.0444 e. The van der Waals surface area contributed by atoms with Gasteiger partial charge in [-0.05, 0) is 20.3 Å². The number of hydrogen-bond acceptors (Lipinski definition) is 3. The van der Waals surface area contributed by atoms with E-state index < -0.39 is 10.8 Å². The zero-order valence-corrected chi connectivity index (χ0v) is 11.1. The molecule has 0 aromatic rings. The van der Waals surface area contributed by atoms with Crippen LogP contribution in [0.3, 0.4) is 0 Å². The van der Waals surface area contributed by atoms with Crippen molar-refractivity contribution in [1.82, 2.24) is 10.2 Å². The SMILES string of the molecule is CCC1CN(CC(C)S(C)=O)C(C)CN1. The second-order valence-corrected chi connectivity index (χ2v) is 6.43. The topological polar surface area (TPSA) is 32.3 Å². The third-order valence-electron chi connectivity index (χ3n) is 3.33. The average molecular weight is 232 g/mol. The largest absolute Gasteiger partial charge is 0.311 e. The predicted molar refractivity (Wildman–Crippen MR) is 66.6 cm³/mol. The summed E-state index contributed by atoms with van der Waals surface area (Å²) in [5.74, 6) is 0. The molecule has 0 amide bonds. The molecule has 0 saturated carbocycles. The molecule has 1 aliphatic heterocycles. The van der Waals surface area contributed by atoms with Crippen molar-refractivity contribution < 1.29 is 4.21 Å². The first-order valence-electron chi connectivity index (χ1n) is 5.84. The van der Waals surface area contributed by atoms with E-state index >= 15 is 0 Å². The van der Waals surface area contributed by atoms with E-state index in [1.165, 1.54) is 6.42 Å². The molecule has 4 atom stereocenters.